The molecule has 0 spiro atoms. The molecule has 0 aromatic rings. The van der Waals surface area contributed by atoms with Crippen molar-refractivity contribution in [3.8, 4) is 0 Å². The van der Waals surface area contributed by atoms with Crippen LogP contribution in [0.25, 0.3) is 0 Å². The maximum Gasteiger partial charge on any atom is 0.327 e. The molecular formula is C42H80N16O11S2. The normalized spacial score (nSPS) is 15.2. The van der Waals surface area contributed by atoms with E-state index in [0.29, 0.717) is 45.1 Å². The summed E-state index contributed by atoms with van der Waals surface area (Å²) in [5.41, 5.74) is 33.6. The second-order valence-corrected chi connectivity index (χ2v) is 17.6. The Hall–Kier alpha value is -5.49. The number of carbonyl (C=O) groups excluding carboxylic acids is 9. The minimum absolute atomic E-state index is 0.00580. The highest BCUT2D eigenvalue weighted by Crippen LogP contribution is 2.09. The third-order valence-electron chi connectivity index (χ3n) is 10.7. The molecule has 22 N–H and O–H groups in total. The molecule has 0 radical (unpaired) electrons. The van der Waals surface area contributed by atoms with Crippen molar-refractivity contribution in [1.82, 2.24) is 47.9 Å². The number of hydrogen-bond donors (Lipinski definition) is 18. The second kappa shape index (κ2) is 36.4. The Kier molecular flexibility index (Phi) is 33.6. The highest BCUT2D eigenvalue weighted by Gasteiger charge is 2.33. The number of guanidine groups is 1. The first-order valence-electron chi connectivity index (χ1n) is 23.6. The topological polar surface area (TPSA) is 468 Å². The van der Waals surface area contributed by atoms with Crippen LogP contribution in [-0.2, 0) is 47.9 Å². The van der Waals surface area contributed by atoms with Crippen LogP contribution >= 0.6 is 25.3 Å². The number of hydrogen-bond acceptors (Lipinski definition) is 17. The summed E-state index contributed by atoms with van der Waals surface area (Å²) < 4.78 is 0. The maximum atomic E-state index is 14.0. The van der Waals surface area contributed by atoms with Gasteiger partial charge in [0.25, 0.3) is 0 Å². The molecule has 71 heavy (non-hydrogen) atoms. The van der Waals surface area contributed by atoms with Crippen molar-refractivity contribution in [1.29, 1.82) is 0 Å². The Bertz CT molecular complexity index is 1780. The quantitative estimate of drug-likeness (QED) is 0.0119. The van der Waals surface area contributed by atoms with E-state index in [-0.39, 0.29) is 69.2 Å². The molecule has 0 heterocycles. The zero-order valence-corrected chi connectivity index (χ0v) is 42.9. The number of thiol groups is 2. The van der Waals surface area contributed by atoms with Crippen LogP contribution in [0.1, 0.15) is 98.3 Å². The maximum absolute atomic E-state index is 14.0. The molecule has 29 heteroatoms. The molecule has 0 aromatic heterocycles. The number of nitrogens with one attached hydrogen (secondary N) is 9. The van der Waals surface area contributed by atoms with E-state index in [4.69, 9.17) is 34.4 Å². The largest absolute Gasteiger partial charge is 0.480 e. The Labute approximate surface area is 425 Å². The van der Waals surface area contributed by atoms with Crippen molar-refractivity contribution in [2.45, 2.75) is 159 Å². The molecule has 0 fully saturated rings. The van der Waals surface area contributed by atoms with E-state index in [1.54, 1.807) is 0 Å². The lowest BCUT2D eigenvalue weighted by atomic mass is 10.0. The number of nitrogens with two attached hydrogens (primary N) is 6. The summed E-state index contributed by atoms with van der Waals surface area (Å²) >= 11 is 7.90. The Morgan fingerprint density at radius 3 is 1.01 bits per heavy atom. The number of carboxylic acids is 1. The Morgan fingerprint density at radius 2 is 0.704 bits per heavy atom. The zero-order chi connectivity index (χ0) is 54.2. The third-order valence-corrected chi connectivity index (χ3v) is 11.4. The fourth-order valence-corrected chi connectivity index (χ4v) is 6.72. The van der Waals surface area contributed by atoms with Crippen molar-refractivity contribution in [3.63, 3.8) is 0 Å². The molecule has 9 amide bonds. The summed E-state index contributed by atoms with van der Waals surface area (Å²) in [5, 5.41) is 31.9. The molecule has 0 bridgehead atoms. The van der Waals surface area contributed by atoms with Crippen LogP contribution < -0.4 is 82.3 Å². The van der Waals surface area contributed by atoms with Gasteiger partial charge in [-0.05, 0) is 118 Å². The standard InChI is InChI=1S/C42H80N16O11S2/c1-22(32(59)50-23(2)33(60)54-27(12-5-8-16-43)37(64)53-25(4)35(62)58-31(21-71)41(68)69)52-38(65)28(13-6-9-17-44)56-39(66)29(14-7-10-18-45)57-40(67)30(15-11-19-49-42(47)48)55-34(61)24(3)51-36(63)26(46)20-70/h22-31,70-71H,5-21,43-46H2,1-4H3,(H,50,59)(H,51,63)(H,52,65)(H,53,64)(H,54,60)(H,55,61)(H,56,66)(H,57,67)(H,58,62)(H,68,69)(H4,47,48,49)/t22-,23-,24-,25-,26-,27-,28-,29-,30-,31-/m0/s1. The minimum Gasteiger partial charge on any atom is -0.480 e. The van der Waals surface area contributed by atoms with Gasteiger partial charge < -0.3 is 87.4 Å². The molecule has 0 aliphatic heterocycles. The first-order chi connectivity index (χ1) is 33.5. The van der Waals surface area contributed by atoms with Crippen LogP contribution in [0, 0.1) is 0 Å². The van der Waals surface area contributed by atoms with Crippen LogP contribution in [0.5, 0.6) is 0 Å². The van der Waals surface area contributed by atoms with Gasteiger partial charge in [0.15, 0.2) is 5.96 Å². The van der Waals surface area contributed by atoms with Crippen molar-refractivity contribution >= 4 is 90.4 Å². The number of carboxylic acid groups (broad SMARTS) is 1. The van der Waals surface area contributed by atoms with Crippen molar-refractivity contribution in [2.75, 3.05) is 37.7 Å². The van der Waals surface area contributed by atoms with Gasteiger partial charge in [-0.2, -0.15) is 25.3 Å². The first kappa shape index (κ1) is 65.5. The number of aliphatic imine (C=N–C) groups is 1. The van der Waals surface area contributed by atoms with Gasteiger partial charge in [-0.25, -0.2) is 4.79 Å². The number of aliphatic carboxylic acids is 1. The van der Waals surface area contributed by atoms with E-state index in [2.05, 4.69) is 78.1 Å². The van der Waals surface area contributed by atoms with Gasteiger partial charge in [-0.15, -0.1) is 0 Å². The summed E-state index contributed by atoms with van der Waals surface area (Å²) in [6, 6.07) is -12.1. The average molecular weight is 1050 g/mol. The van der Waals surface area contributed by atoms with Gasteiger partial charge in [0, 0.05) is 18.1 Å². The smallest absolute Gasteiger partial charge is 0.327 e. The fourth-order valence-electron chi connectivity index (χ4n) is 6.31. The summed E-state index contributed by atoms with van der Waals surface area (Å²) in [6.07, 6.45) is 3.05. The molecule has 0 saturated heterocycles. The molecule has 406 valence electrons. The number of amides is 9. The highest BCUT2D eigenvalue weighted by molar-refractivity contribution is 7.80. The molecular weight excluding hydrogens is 969 g/mol. The zero-order valence-electron chi connectivity index (χ0n) is 41.1. The SMILES string of the molecule is C[C@H](NC(=O)[C@H](C)NC(=O)[C@H](CCCCN)NC(=O)[C@H](CCCCN)NC(=O)[C@H](CCCN=C(N)N)NC(=O)[C@H](C)NC(=O)[C@@H](N)CS)C(=O)N[C@@H](CCCCN)C(=O)N[C@@H](C)C(=O)N[C@@H](CS)C(=O)O. The highest BCUT2D eigenvalue weighted by atomic mass is 32.1. The minimum atomic E-state index is -1.32. The lowest BCUT2D eigenvalue weighted by Crippen LogP contribution is -2.59. The Morgan fingerprint density at radius 1 is 0.423 bits per heavy atom. The summed E-state index contributed by atoms with van der Waals surface area (Å²) in [4.78, 5) is 135. The van der Waals surface area contributed by atoms with Gasteiger partial charge in [0.1, 0.15) is 54.4 Å². The third kappa shape index (κ3) is 27.1. The molecule has 0 aromatic carbocycles. The van der Waals surface area contributed by atoms with Crippen molar-refractivity contribution in [2.24, 2.45) is 39.4 Å². The van der Waals surface area contributed by atoms with E-state index < -0.39 is 120 Å². The summed E-state index contributed by atoms with van der Waals surface area (Å²) in [6.45, 7) is 6.33. The van der Waals surface area contributed by atoms with Crippen LogP contribution in [0.4, 0.5) is 0 Å². The Balaban J connectivity index is 6.18. The molecule has 0 aliphatic rings. The van der Waals surface area contributed by atoms with E-state index in [1.807, 2.05) is 0 Å². The molecule has 0 unspecified atom stereocenters. The fraction of sp³-hybridized carbons (Fsp3) is 0.738. The van der Waals surface area contributed by atoms with Gasteiger partial charge >= 0.3 is 5.97 Å². The number of nitrogens with zero attached hydrogens (tertiary/aromatic N) is 1. The van der Waals surface area contributed by atoms with Crippen LogP contribution in [0.15, 0.2) is 4.99 Å². The van der Waals surface area contributed by atoms with E-state index >= 15 is 0 Å². The molecule has 0 saturated carbocycles. The van der Waals surface area contributed by atoms with Crippen LogP contribution in [0.3, 0.4) is 0 Å². The molecule has 0 rings (SSSR count). The van der Waals surface area contributed by atoms with Crippen LogP contribution in [0.2, 0.25) is 0 Å². The summed E-state index contributed by atoms with van der Waals surface area (Å²) in [5.74, 6) is -8.54. The predicted octanol–water partition coefficient (Wildman–Crippen LogP) is -5.86. The monoisotopic (exact) mass is 1050 g/mol. The molecule has 0 aliphatic carbocycles. The first-order valence-corrected chi connectivity index (χ1v) is 24.8. The molecule has 27 nitrogen and oxygen atoms in total. The van der Waals surface area contributed by atoms with E-state index in [0.717, 1.165) is 0 Å². The van der Waals surface area contributed by atoms with Gasteiger partial charge in [0.2, 0.25) is 53.2 Å². The van der Waals surface area contributed by atoms with Crippen molar-refractivity contribution < 1.29 is 53.1 Å². The van der Waals surface area contributed by atoms with Gasteiger partial charge in [-0.3, -0.25) is 48.1 Å². The predicted molar refractivity (Wildman–Crippen MR) is 272 cm³/mol. The lowest BCUT2D eigenvalue weighted by molar-refractivity contribution is -0.141. The van der Waals surface area contributed by atoms with Crippen molar-refractivity contribution in [3.05, 3.63) is 0 Å². The number of unbranched alkanes of at least 4 members (excludes halogenated alkanes) is 3. The van der Waals surface area contributed by atoms with E-state index in [9.17, 15) is 53.1 Å². The molecule has 10 atom stereocenters. The number of rotatable bonds is 37. The average Bonchev–Trinajstić information content (AvgIpc) is 3.32. The summed E-state index contributed by atoms with van der Waals surface area (Å²) in [7, 11) is 0. The van der Waals surface area contributed by atoms with E-state index in [1.165, 1.54) is 27.7 Å². The van der Waals surface area contributed by atoms with Gasteiger partial charge in [0.05, 0.1) is 6.04 Å². The second-order valence-electron chi connectivity index (χ2n) is 16.8. The lowest BCUT2D eigenvalue weighted by Gasteiger charge is -2.27. The van der Waals surface area contributed by atoms with Gasteiger partial charge in [-0.1, -0.05) is 0 Å². The number of carbonyl (C=O) groups is 10. The van der Waals surface area contributed by atoms with Crippen LogP contribution in [-0.4, -0.2) is 168 Å².